The Balaban J connectivity index is 2.01. The van der Waals surface area contributed by atoms with Crippen molar-refractivity contribution in [2.75, 3.05) is 18.9 Å². The molecule has 1 heterocycles. The molecule has 120 valence electrons. The largest absolute Gasteiger partial charge is 0.573 e. The number of ether oxygens (including phenoxy) is 1. The van der Waals surface area contributed by atoms with Crippen LogP contribution in [0.4, 0.5) is 23.7 Å². The number of hydrogen-bond acceptors (Lipinski definition) is 3. The Morgan fingerprint density at radius 1 is 1.36 bits per heavy atom. The molecule has 1 atom stereocenters. The number of nitrogens with zero attached hydrogens (tertiary/aromatic N) is 1. The Hall–Kier alpha value is -2.45. The topological polar surface area (TPSA) is 70.7 Å². The molecule has 0 aromatic heterocycles. The van der Waals surface area contributed by atoms with Crippen LogP contribution in [0.15, 0.2) is 24.3 Å². The molecule has 1 aromatic carbocycles. The Morgan fingerprint density at radius 2 is 2.05 bits per heavy atom. The Labute approximate surface area is 124 Å². The monoisotopic (exact) mass is 317 g/mol. The van der Waals surface area contributed by atoms with Crippen LogP contribution < -0.4 is 15.4 Å². The summed E-state index contributed by atoms with van der Waals surface area (Å²) < 4.78 is 40.7. The van der Waals surface area contributed by atoms with E-state index >= 15 is 0 Å². The van der Waals surface area contributed by atoms with E-state index in [9.17, 15) is 22.8 Å². The number of anilines is 1. The predicted molar refractivity (Wildman–Crippen MR) is 71.3 cm³/mol. The Bertz CT molecular complexity index is 577. The van der Waals surface area contributed by atoms with Crippen LogP contribution in [-0.4, -0.2) is 42.8 Å². The van der Waals surface area contributed by atoms with Crippen molar-refractivity contribution < 1.29 is 27.5 Å². The van der Waals surface area contributed by atoms with E-state index in [1.807, 2.05) is 0 Å². The molecule has 0 aliphatic carbocycles. The first-order chi connectivity index (χ1) is 10.3. The third kappa shape index (κ3) is 4.03. The number of amides is 3. The fourth-order valence-electron chi connectivity index (χ4n) is 2.06. The lowest BCUT2D eigenvalue weighted by atomic mass is 10.2. The van der Waals surface area contributed by atoms with Crippen molar-refractivity contribution in [3.05, 3.63) is 24.3 Å². The van der Waals surface area contributed by atoms with E-state index in [0.717, 1.165) is 6.07 Å². The number of para-hydroxylation sites is 2. The highest BCUT2D eigenvalue weighted by molar-refractivity contribution is 5.95. The van der Waals surface area contributed by atoms with Crippen LogP contribution in [0.3, 0.4) is 0 Å². The SMILES string of the molecule is CN1CC[C@H](NC(=O)Nc2ccccc2OC(F)(F)F)C1=O. The zero-order valence-electron chi connectivity index (χ0n) is 11.6. The second kappa shape index (κ2) is 6.12. The summed E-state index contributed by atoms with van der Waals surface area (Å²) in [7, 11) is 1.61. The molecule has 2 N–H and O–H groups in total. The predicted octanol–water partition coefficient (Wildman–Crippen LogP) is 1.94. The maximum Gasteiger partial charge on any atom is 0.573 e. The summed E-state index contributed by atoms with van der Waals surface area (Å²) in [5, 5.41) is 4.67. The molecule has 1 aliphatic heterocycles. The number of urea groups is 1. The molecule has 0 radical (unpaired) electrons. The van der Waals surface area contributed by atoms with Crippen LogP contribution in [0.25, 0.3) is 0 Å². The van der Waals surface area contributed by atoms with E-state index in [4.69, 9.17) is 0 Å². The Morgan fingerprint density at radius 3 is 2.64 bits per heavy atom. The van der Waals surface area contributed by atoms with E-state index in [1.54, 1.807) is 7.05 Å². The van der Waals surface area contributed by atoms with Gasteiger partial charge in [-0.2, -0.15) is 0 Å². The highest BCUT2D eigenvalue weighted by atomic mass is 19.4. The van der Waals surface area contributed by atoms with Gasteiger partial charge >= 0.3 is 12.4 Å². The van der Waals surface area contributed by atoms with Gasteiger partial charge in [0.05, 0.1) is 5.69 Å². The van der Waals surface area contributed by atoms with Crippen LogP contribution in [0, 0.1) is 0 Å². The van der Waals surface area contributed by atoms with Crippen molar-refractivity contribution in [2.24, 2.45) is 0 Å². The molecule has 1 saturated heterocycles. The second-order valence-electron chi connectivity index (χ2n) is 4.74. The van der Waals surface area contributed by atoms with Crippen LogP contribution in [0.1, 0.15) is 6.42 Å². The van der Waals surface area contributed by atoms with E-state index in [1.165, 1.54) is 23.1 Å². The molecule has 1 aromatic rings. The number of benzene rings is 1. The molecule has 22 heavy (non-hydrogen) atoms. The maximum atomic E-state index is 12.3. The molecule has 0 spiro atoms. The van der Waals surface area contributed by atoms with Crippen molar-refractivity contribution in [3.63, 3.8) is 0 Å². The molecular weight excluding hydrogens is 303 g/mol. The van der Waals surface area contributed by atoms with Gasteiger partial charge < -0.3 is 20.3 Å². The lowest BCUT2D eigenvalue weighted by Gasteiger charge is -2.16. The van der Waals surface area contributed by atoms with E-state index in [2.05, 4.69) is 15.4 Å². The minimum Gasteiger partial charge on any atom is -0.404 e. The summed E-state index contributed by atoms with van der Waals surface area (Å²) in [6, 6.07) is 3.70. The van der Waals surface area contributed by atoms with Crippen molar-refractivity contribution >= 4 is 17.6 Å². The molecule has 3 amide bonds. The zero-order chi connectivity index (χ0) is 16.3. The number of carbonyl (C=O) groups excluding carboxylic acids is 2. The summed E-state index contributed by atoms with van der Waals surface area (Å²) in [4.78, 5) is 24.9. The lowest BCUT2D eigenvalue weighted by Crippen LogP contribution is -2.42. The molecule has 0 saturated carbocycles. The molecule has 1 fully saturated rings. The fourth-order valence-corrected chi connectivity index (χ4v) is 2.06. The van der Waals surface area contributed by atoms with Gasteiger partial charge in [-0.05, 0) is 18.6 Å². The third-order valence-electron chi connectivity index (χ3n) is 3.09. The molecule has 1 aliphatic rings. The minimum atomic E-state index is -4.86. The number of rotatable bonds is 3. The molecular formula is C13H14F3N3O3. The van der Waals surface area contributed by atoms with Gasteiger partial charge in [-0.15, -0.1) is 13.2 Å². The first kappa shape index (κ1) is 15.9. The van der Waals surface area contributed by atoms with Gasteiger partial charge in [-0.3, -0.25) is 4.79 Å². The summed E-state index contributed by atoms with van der Waals surface area (Å²) in [6.07, 6.45) is -4.41. The van der Waals surface area contributed by atoms with Crippen LogP contribution in [-0.2, 0) is 4.79 Å². The van der Waals surface area contributed by atoms with E-state index in [0.29, 0.717) is 13.0 Å². The summed E-state index contributed by atoms with van der Waals surface area (Å²) >= 11 is 0. The number of nitrogens with one attached hydrogen (secondary N) is 2. The number of likely N-dealkylation sites (tertiary alicyclic amines) is 1. The van der Waals surface area contributed by atoms with Crippen molar-refractivity contribution in [1.29, 1.82) is 0 Å². The standard InChI is InChI=1S/C13H14F3N3O3/c1-19-7-6-9(11(19)20)18-12(21)17-8-4-2-3-5-10(8)22-13(14,15)16/h2-5,9H,6-7H2,1H3,(H2,17,18,21)/t9-/m0/s1. The lowest BCUT2D eigenvalue weighted by molar-refractivity contribution is -0.274. The van der Waals surface area contributed by atoms with E-state index in [-0.39, 0.29) is 11.6 Å². The smallest absolute Gasteiger partial charge is 0.404 e. The van der Waals surface area contributed by atoms with Gasteiger partial charge in [0, 0.05) is 13.6 Å². The van der Waals surface area contributed by atoms with Gasteiger partial charge in [0.15, 0.2) is 5.75 Å². The highest BCUT2D eigenvalue weighted by Gasteiger charge is 2.33. The number of carbonyl (C=O) groups is 2. The normalized spacial score (nSPS) is 18.3. The fraction of sp³-hybridized carbons (Fsp3) is 0.385. The second-order valence-corrected chi connectivity index (χ2v) is 4.74. The van der Waals surface area contributed by atoms with E-state index < -0.39 is 24.2 Å². The molecule has 9 heteroatoms. The quantitative estimate of drug-likeness (QED) is 0.895. The first-order valence-corrected chi connectivity index (χ1v) is 6.43. The number of alkyl halides is 3. The third-order valence-corrected chi connectivity index (χ3v) is 3.09. The average Bonchev–Trinajstić information content (AvgIpc) is 2.71. The van der Waals surface area contributed by atoms with Crippen LogP contribution in [0.5, 0.6) is 5.75 Å². The van der Waals surface area contributed by atoms with Gasteiger partial charge in [0.1, 0.15) is 6.04 Å². The minimum absolute atomic E-state index is 0.142. The van der Waals surface area contributed by atoms with Crippen molar-refractivity contribution in [3.8, 4) is 5.75 Å². The Kier molecular flexibility index (Phi) is 4.43. The van der Waals surface area contributed by atoms with Gasteiger partial charge in [0.25, 0.3) is 0 Å². The van der Waals surface area contributed by atoms with Gasteiger partial charge in [-0.1, -0.05) is 12.1 Å². The van der Waals surface area contributed by atoms with Gasteiger partial charge in [-0.25, -0.2) is 4.79 Å². The van der Waals surface area contributed by atoms with Crippen molar-refractivity contribution in [2.45, 2.75) is 18.8 Å². The number of halogens is 3. The molecule has 2 rings (SSSR count). The van der Waals surface area contributed by atoms with Crippen LogP contribution in [0.2, 0.25) is 0 Å². The molecule has 6 nitrogen and oxygen atoms in total. The van der Waals surface area contributed by atoms with Gasteiger partial charge in [0.2, 0.25) is 5.91 Å². The van der Waals surface area contributed by atoms with Crippen LogP contribution >= 0.6 is 0 Å². The maximum absolute atomic E-state index is 12.3. The van der Waals surface area contributed by atoms with Crippen molar-refractivity contribution in [1.82, 2.24) is 10.2 Å². The number of hydrogen-bond donors (Lipinski definition) is 2. The number of likely N-dealkylation sites (N-methyl/N-ethyl adjacent to an activating group) is 1. The summed E-state index contributed by atoms with van der Waals surface area (Å²) in [5.41, 5.74) is -0.142. The zero-order valence-corrected chi connectivity index (χ0v) is 11.6. The molecule has 0 unspecified atom stereocenters. The molecule has 0 bridgehead atoms. The summed E-state index contributed by atoms with van der Waals surface area (Å²) in [5.74, 6) is -0.769. The average molecular weight is 317 g/mol. The summed E-state index contributed by atoms with van der Waals surface area (Å²) in [6.45, 7) is 0.511. The first-order valence-electron chi connectivity index (χ1n) is 6.43. The highest BCUT2D eigenvalue weighted by Crippen LogP contribution is 2.29.